The predicted molar refractivity (Wildman–Crippen MR) is 156 cm³/mol. The van der Waals surface area contributed by atoms with Crippen molar-refractivity contribution in [2.45, 2.75) is 59.0 Å². The lowest BCUT2D eigenvalue weighted by atomic mass is 10.1. The molecule has 3 rings (SSSR count). The maximum atomic E-state index is 13.7. The Balaban J connectivity index is 1.75. The molecule has 38 heavy (non-hydrogen) atoms. The molecular weight excluding hydrogens is 542 g/mol. The molecule has 0 saturated carbocycles. The minimum Gasteiger partial charge on any atom is -0.497 e. The van der Waals surface area contributed by atoms with Crippen molar-refractivity contribution < 1.29 is 14.3 Å². The van der Waals surface area contributed by atoms with E-state index in [-0.39, 0.29) is 18.4 Å². The van der Waals surface area contributed by atoms with Crippen molar-refractivity contribution in [3.63, 3.8) is 0 Å². The van der Waals surface area contributed by atoms with E-state index < -0.39 is 0 Å². The lowest BCUT2D eigenvalue weighted by Crippen LogP contribution is -2.43. The zero-order chi connectivity index (χ0) is 27.3. The fourth-order valence-corrected chi connectivity index (χ4v) is 4.62. The van der Waals surface area contributed by atoms with Crippen molar-refractivity contribution in [3.05, 3.63) is 88.2 Å². The van der Waals surface area contributed by atoms with E-state index in [1.807, 2.05) is 23.1 Å². The highest BCUT2D eigenvalue weighted by Gasteiger charge is 2.23. The lowest BCUT2D eigenvalue weighted by molar-refractivity contribution is -0.132. The summed E-state index contributed by atoms with van der Waals surface area (Å²) < 4.78 is 8.48. The number of nitrogens with zero attached hydrogens (tertiary/aromatic N) is 3. The van der Waals surface area contributed by atoms with E-state index in [2.05, 4.69) is 58.7 Å². The molecule has 0 radical (unpaired) electrons. The smallest absolute Gasteiger partial charge is 0.254 e. The number of hydrogen-bond donors (Lipinski definition) is 0. The first kappa shape index (κ1) is 29.5. The normalized spacial score (nSPS) is 10.8. The zero-order valence-corrected chi connectivity index (χ0v) is 24.5. The maximum absolute atomic E-state index is 13.7. The molecule has 1 heterocycles. The van der Waals surface area contributed by atoms with Crippen molar-refractivity contribution in [2.75, 3.05) is 26.7 Å². The summed E-state index contributed by atoms with van der Waals surface area (Å²) >= 11 is 3.50. The summed E-state index contributed by atoms with van der Waals surface area (Å²) in [5.41, 5.74) is 2.85. The summed E-state index contributed by atoms with van der Waals surface area (Å²) in [6.07, 6.45) is 6.91. The van der Waals surface area contributed by atoms with Crippen molar-refractivity contribution >= 4 is 27.7 Å². The maximum Gasteiger partial charge on any atom is 0.254 e. The second-order valence-corrected chi connectivity index (χ2v) is 10.5. The molecule has 0 aliphatic carbocycles. The number of unbranched alkanes of at least 4 members (excludes halogenated alkanes) is 3. The van der Waals surface area contributed by atoms with Crippen molar-refractivity contribution in [2.24, 2.45) is 0 Å². The van der Waals surface area contributed by atoms with Crippen LogP contribution in [0.25, 0.3) is 0 Å². The molecule has 0 saturated heterocycles. The quantitative estimate of drug-likeness (QED) is 0.186. The van der Waals surface area contributed by atoms with Crippen molar-refractivity contribution in [1.29, 1.82) is 0 Å². The van der Waals surface area contributed by atoms with Gasteiger partial charge in [0.15, 0.2) is 0 Å². The summed E-state index contributed by atoms with van der Waals surface area (Å²) in [5, 5.41) is 0. The molecule has 2 amide bonds. The summed E-state index contributed by atoms with van der Waals surface area (Å²) in [4.78, 5) is 30.7. The van der Waals surface area contributed by atoms with E-state index in [4.69, 9.17) is 4.74 Å². The van der Waals surface area contributed by atoms with Crippen LogP contribution in [0.1, 0.15) is 67.6 Å². The van der Waals surface area contributed by atoms with Crippen molar-refractivity contribution in [3.8, 4) is 5.75 Å². The van der Waals surface area contributed by atoms with Crippen LogP contribution >= 0.6 is 15.9 Å². The number of aromatic nitrogens is 1. The number of carbonyl (C=O) groups is 2. The third kappa shape index (κ3) is 8.76. The molecule has 6 nitrogen and oxygen atoms in total. The van der Waals surface area contributed by atoms with Crippen molar-refractivity contribution in [1.82, 2.24) is 14.4 Å². The highest BCUT2D eigenvalue weighted by atomic mass is 79.9. The Labute approximate surface area is 235 Å². The molecule has 0 fully saturated rings. The first-order valence-electron chi connectivity index (χ1n) is 13.5. The topological polar surface area (TPSA) is 54.8 Å². The molecule has 1 aromatic heterocycles. The Hall–Kier alpha value is -3.06. The molecule has 7 heteroatoms. The second-order valence-electron chi connectivity index (χ2n) is 9.59. The van der Waals surface area contributed by atoms with Gasteiger partial charge >= 0.3 is 0 Å². The molecule has 0 spiro atoms. The Bertz CT molecular complexity index is 1140. The molecule has 2 aromatic carbocycles. The summed E-state index contributed by atoms with van der Waals surface area (Å²) in [6.45, 7) is 6.82. The first-order valence-corrected chi connectivity index (χ1v) is 14.3. The Morgan fingerprint density at radius 1 is 0.868 bits per heavy atom. The van der Waals surface area contributed by atoms with Gasteiger partial charge in [0.25, 0.3) is 5.91 Å². The van der Waals surface area contributed by atoms with Crippen LogP contribution in [-0.4, -0.2) is 52.9 Å². The second kappa shape index (κ2) is 15.4. The molecule has 3 aromatic rings. The fraction of sp³-hybridized carbons (Fsp3) is 0.419. The Morgan fingerprint density at radius 3 is 2.21 bits per heavy atom. The fourth-order valence-electron chi connectivity index (χ4n) is 4.35. The number of carbonyl (C=O) groups excluding carboxylic acids is 2. The van der Waals surface area contributed by atoms with Crippen LogP contribution in [0.3, 0.4) is 0 Å². The Morgan fingerprint density at radius 2 is 1.55 bits per heavy atom. The Kier molecular flexibility index (Phi) is 11.9. The standard InChI is InChI=1S/C31H40BrN3O3/c1-4-6-8-20-35(31(37)26-13-17-29(38-3)18-14-26)24-30(36)34(19-7-5-2)23-28-10-9-21-33(28)22-25-11-15-27(32)16-12-25/h9-18,21H,4-8,19-20,22-24H2,1-3H3. The van der Waals surface area contributed by atoms with Gasteiger partial charge in [-0.1, -0.05) is 61.2 Å². The van der Waals surface area contributed by atoms with Gasteiger partial charge in [0.05, 0.1) is 13.7 Å². The third-order valence-electron chi connectivity index (χ3n) is 6.66. The molecule has 0 aliphatic rings. The van der Waals surface area contributed by atoms with Gasteiger partial charge < -0.3 is 19.1 Å². The molecule has 0 N–H and O–H groups in total. The monoisotopic (exact) mass is 581 g/mol. The minimum absolute atomic E-state index is 0.0202. The lowest BCUT2D eigenvalue weighted by Gasteiger charge is -2.28. The van der Waals surface area contributed by atoms with Gasteiger partial charge in [-0.15, -0.1) is 0 Å². The first-order chi connectivity index (χ1) is 18.4. The molecular formula is C31H40BrN3O3. The SMILES string of the molecule is CCCCCN(CC(=O)N(CCCC)Cc1cccn1Cc1ccc(Br)cc1)C(=O)c1ccc(OC)cc1. The molecule has 0 bridgehead atoms. The number of methoxy groups -OCH3 is 1. The number of amides is 2. The van der Waals surface area contributed by atoms with Gasteiger partial charge in [-0.05, 0) is 66.9 Å². The number of rotatable bonds is 15. The molecule has 0 atom stereocenters. The average molecular weight is 583 g/mol. The minimum atomic E-state index is -0.119. The number of benzene rings is 2. The largest absolute Gasteiger partial charge is 0.497 e. The van der Waals surface area contributed by atoms with Gasteiger partial charge in [0, 0.05) is 41.6 Å². The van der Waals surface area contributed by atoms with Crippen LogP contribution in [0, 0.1) is 0 Å². The van der Waals surface area contributed by atoms with E-state index in [9.17, 15) is 9.59 Å². The van der Waals surface area contributed by atoms with E-state index in [0.29, 0.717) is 30.9 Å². The third-order valence-corrected chi connectivity index (χ3v) is 7.19. The van der Waals surface area contributed by atoms with Gasteiger partial charge in [-0.25, -0.2) is 0 Å². The number of hydrogen-bond acceptors (Lipinski definition) is 3. The van der Waals surface area contributed by atoms with Crippen LogP contribution in [-0.2, 0) is 17.9 Å². The molecule has 204 valence electrons. The predicted octanol–water partition coefficient (Wildman–Crippen LogP) is 6.77. The van der Waals surface area contributed by atoms with Crippen LogP contribution < -0.4 is 4.74 Å². The molecule has 0 unspecified atom stereocenters. The zero-order valence-electron chi connectivity index (χ0n) is 22.9. The number of halogens is 1. The van der Waals surface area contributed by atoms with Crippen LogP contribution in [0.5, 0.6) is 5.75 Å². The highest BCUT2D eigenvalue weighted by molar-refractivity contribution is 9.10. The summed E-state index contributed by atoms with van der Waals surface area (Å²) in [7, 11) is 1.60. The highest BCUT2D eigenvalue weighted by Crippen LogP contribution is 2.17. The van der Waals surface area contributed by atoms with E-state index in [0.717, 1.165) is 48.8 Å². The van der Waals surface area contributed by atoms with Gasteiger partial charge in [0.2, 0.25) is 5.91 Å². The van der Waals surface area contributed by atoms with Gasteiger partial charge in [-0.3, -0.25) is 9.59 Å². The van der Waals surface area contributed by atoms with Gasteiger partial charge in [0.1, 0.15) is 12.3 Å². The average Bonchev–Trinajstić information content (AvgIpc) is 3.37. The summed E-state index contributed by atoms with van der Waals surface area (Å²) in [6, 6.07) is 19.5. The number of ether oxygens (including phenoxy) is 1. The van der Waals surface area contributed by atoms with Crippen LogP contribution in [0.15, 0.2) is 71.3 Å². The van der Waals surface area contributed by atoms with Gasteiger partial charge in [-0.2, -0.15) is 0 Å². The van der Waals surface area contributed by atoms with Crippen LogP contribution in [0.4, 0.5) is 0 Å². The van der Waals surface area contributed by atoms with E-state index >= 15 is 0 Å². The van der Waals surface area contributed by atoms with Crippen LogP contribution in [0.2, 0.25) is 0 Å². The van der Waals surface area contributed by atoms with E-state index in [1.54, 1.807) is 36.3 Å². The van der Waals surface area contributed by atoms with E-state index in [1.165, 1.54) is 5.56 Å². The molecule has 0 aliphatic heterocycles. The summed E-state index contributed by atoms with van der Waals surface area (Å²) in [5.74, 6) is 0.561.